The van der Waals surface area contributed by atoms with E-state index in [1.165, 1.54) is 0 Å². The first-order valence-corrected chi connectivity index (χ1v) is 17.4. The zero-order chi connectivity index (χ0) is 27.9. The minimum atomic E-state index is -3.95. The van der Waals surface area contributed by atoms with E-state index in [2.05, 4.69) is 15.0 Å². The maximum atomic E-state index is 14.5. The lowest BCUT2D eigenvalue weighted by Crippen LogP contribution is -2.41. The molecule has 3 atom stereocenters. The molecular formula is C27H30N3O6P3. The average molecular weight is 585 g/mol. The number of aromatic nitrogens is 3. The molecule has 0 radical (unpaired) electrons. The fourth-order valence-electron chi connectivity index (χ4n) is 3.90. The van der Waals surface area contributed by atoms with Gasteiger partial charge in [-0.3, -0.25) is 13.7 Å². The van der Waals surface area contributed by atoms with Gasteiger partial charge in [0, 0.05) is 15.9 Å². The Hall–Kier alpha value is -2.76. The molecule has 12 heteroatoms. The first-order valence-electron chi connectivity index (χ1n) is 12.5. The standard InChI is InChI=1S/C27H30N3O6P3/c1-4-34-37(31,22-16-10-7-11-17-22)25-28-26(38(32,35-5-2)23-18-12-8-13-19-23)30-27(29-25)39(33,36-6-3)24-20-14-9-15-21-24/h7-21H,4-6H2,1-3H3. The molecule has 0 amide bonds. The van der Waals surface area contributed by atoms with Crippen molar-refractivity contribution in [1.29, 1.82) is 0 Å². The van der Waals surface area contributed by atoms with Crippen LogP contribution in [-0.2, 0) is 27.3 Å². The first kappa shape index (κ1) is 29.2. The quantitative estimate of drug-likeness (QED) is 0.230. The molecule has 1 heterocycles. The predicted octanol–water partition coefficient (Wildman–Crippen LogP) is 3.67. The molecule has 0 saturated carbocycles. The van der Waals surface area contributed by atoms with Crippen LogP contribution in [-0.4, -0.2) is 34.8 Å². The van der Waals surface area contributed by atoms with Crippen LogP contribution in [0.3, 0.4) is 0 Å². The van der Waals surface area contributed by atoms with E-state index in [0.717, 1.165) is 0 Å². The molecule has 4 aromatic rings. The Labute approximate surface area is 228 Å². The summed E-state index contributed by atoms with van der Waals surface area (Å²) in [5.41, 5.74) is -0.869. The van der Waals surface area contributed by atoms with Gasteiger partial charge in [-0.05, 0) is 57.2 Å². The normalized spacial score (nSPS) is 16.1. The number of rotatable bonds is 12. The monoisotopic (exact) mass is 585 g/mol. The molecule has 0 aliphatic rings. The average Bonchev–Trinajstić information content (AvgIpc) is 2.98. The Bertz CT molecular complexity index is 1340. The molecule has 0 bridgehead atoms. The van der Waals surface area contributed by atoms with Crippen molar-refractivity contribution in [2.75, 3.05) is 19.8 Å². The van der Waals surface area contributed by atoms with E-state index in [1.54, 1.807) is 112 Å². The Morgan fingerprint density at radius 2 is 0.692 bits per heavy atom. The van der Waals surface area contributed by atoms with Crippen molar-refractivity contribution in [3.05, 3.63) is 91.0 Å². The van der Waals surface area contributed by atoms with Crippen LogP contribution < -0.4 is 32.6 Å². The second kappa shape index (κ2) is 12.6. The van der Waals surface area contributed by atoms with E-state index in [1.807, 2.05) is 0 Å². The fraction of sp³-hybridized carbons (Fsp3) is 0.222. The lowest BCUT2D eigenvalue weighted by atomic mass is 10.4. The summed E-state index contributed by atoms with van der Waals surface area (Å²) in [6.07, 6.45) is 0. The van der Waals surface area contributed by atoms with Crippen LogP contribution in [0.4, 0.5) is 0 Å². The lowest BCUT2D eigenvalue weighted by molar-refractivity contribution is 0.345. The van der Waals surface area contributed by atoms with Gasteiger partial charge in [-0.2, -0.15) is 15.0 Å². The van der Waals surface area contributed by atoms with E-state index in [-0.39, 0.29) is 36.5 Å². The molecular weight excluding hydrogens is 555 g/mol. The number of hydrogen-bond donors (Lipinski definition) is 0. The van der Waals surface area contributed by atoms with Gasteiger partial charge < -0.3 is 13.6 Å². The van der Waals surface area contributed by atoms with Crippen LogP contribution >= 0.6 is 22.1 Å². The van der Waals surface area contributed by atoms with E-state index >= 15 is 0 Å². The highest BCUT2D eigenvalue weighted by molar-refractivity contribution is 7.76. The van der Waals surface area contributed by atoms with Gasteiger partial charge in [0.15, 0.2) is 0 Å². The van der Waals surface area contributed by atoms with Crippen LogP contribution in [0.15, 0.2) is 91.0 Å². The van der Waals surface area contributed by atoms with Crippen LogP contribution in [0.5, 0.6) is 0 Å². The summed E-state index contributed by atoms with van der Waals surface area (Å²) in [5, 5.41) is 0.977. The number of benzene rings is 3. The molecule has 0 spiro atoms. The van der Waals surface area contributed by atoms with Gasteiger partial charge in [0.05, 0.1) is 19.8 Å². The van der Waals surface area contributed by atoms with Gasteiger partial charge in [-0.15, -0.1) is 0 Å². The zero-order valence-electron chi connectivity index (χ0n) is 21.9. The van der Waals surface area contributed by atoms with Gasteiger partial charge in [-0.25, -0.2) is 0 Å². The van der Waals surface area contributed by atoms with Gasteiger partial charge >= 0.3 is 0 Å². The van der Waals surface area contributed by atoms with Crippen LogP contribution in [0.1, 0.15) is 20.8 Å². The number of nitrogens with zero attached hydrogens (tertiary/aromatic N) is 3. The summed E-state index contributed by atoms with van der Waals surface area (Å²) in [7, 11) is -11.9. The minimum absolute atomic E-state index is 0.0755. The highest BCUT2D eigenvalue weighted by atomic mass is 31.2. The maximum absolute atomic E-state index is 14.5. The van der Waals surface area contributed by atoms with Gasteiger partial charge in [0.1, 0.15) is 0 Å². The van der Waals surface area contributed by atoms with E-state index in [9.17, 15) is 13.7 Å². The molecule has 9 nitrogen and oxygen atoms in total. The van der Waals surface area contributed by atoms with Crippen molar-refractivity contribution >= 4 is 54.7 Å². The van der Waals surface area contributed by atoms with Gasteiger partial charge in [0.25, 0.3) is 22.1 Å². The molecule has 39 heavy (non-hydrogen) atoms. The fourth-order valence-corrected chi connectivity index (χ4v) is 9.77. The Morgan fingerprint density at radius 1 is 0.462 bits per heavy atom. The Kier molecular flexibility index (Phi) is 9.45. The van der Waals surface area contributed by atoms with Crippen molar-refractivity contribution in [3.8, 4) is 0 Å². The summed E-state index contributed by atoms with van der Waals surface area (Å²) in [6.45, 7) is 5.32. The first-order chi connectivity index (χ1) is 18.8. The molecule has 3 unspecified atom stereocenters. The van der Waals surface area contributed by atoms with E-state index < -0.39 is 22.1 Å². The topological polar surface area (TPSA) is 118 Å². The maximum Gasteiger partial charge on any atom is 0.297 e. The molecule has 204 valence electrons. The number of hydrogen-bond acceptors (Lipinski definition) is 9. The summed E-state index contributed by atoms with van der Waals surface area (Å²) >= 11 is 0. The molecule has 0 aliphatic heterocycles. The third-order valence-corrected chi connectivity index (χ3v) is 12.6. The zero-order valence-corrected chi connectivity index (χ0v) is 24.6. The summed E-state index contributed by atoms with van der Waals surface area (Å²) in [6, 6.07) is 25.5. The SMILES string of the molecule is CCOP(=O)(c1ccccc1)c1nc(P(=O)(OCC)c2ccccc2)nc(P(=O)(OCC)c2ccccc2)n1. The second-order valence-electron chi connectivity index (χ2n) is 8.15. The third-order valence-electron chi connectivity index (χ3n) is 5.61. The highest BCUT2D eigenvalue weighted by Gasteiger charge is 2.42. The van der Waals surface area contributed by atoms with Crippen LogP contribution in [0.25, 0.3) is 0 Å². The van der Waals surface area contributed by atoms with Crippen LogP contribution in [0.2, 0.25) is 0 Å². The molecule has 4 rings (SSSR count). The smallest absolute Gasteiger partial charge is 0.297 e. The molecule has 0 saturated heterocycles. The van der Waals surface area contributed by atoms with Crippen molar-refractivity contribution in [2.24, 2.45) is 0 Å². The van der Waals surface area contributed by atoms with Crippen molar-refractivity contribution in [1.82, 2.24) is 15.0 Å². The van der Waals surface area contributed by atoms with Crippen molar-refractivity contribution in [3.63, 3.8) is 0 Å². The molecule has 0 aliphatic carbocycles. The molecule has 3 aromatic carbocycles. The lowest BCUT2D eigenvalue weighted by Gasteiger charge is -2.23. The molecule has 0 fully saturated rings. The Morgan fingerprint density at radius 3 is 0.897 bits per heavy atom. The molecule has 0 N–H and O–H groups in total. The van der Waals surface area contributed by atoms with E-state index in [0.29, 0.717) is 15.9 Å². The minimum Gasteiger partial charge on any atom is -0.320 e. The second-order valence-corrected chi connectivity index (χ2v) is 15.0. The highest BCUT2D eigenvalue weighted by Crippen LogP contribution is 2.48. The van der Waals surface area contributed by atoms with Crippen molar-refractivity contribution < 1.29 is 27.3 Å². The summed E-state index contributed by atoms with van der Waals surface area (Å²) in [4.78, 5) is 13.4. The van der Waals surface area contributed by atoms with Crippen molar-refractivity contribution in [2.45, 2.75) is 20.8 Å². The van der Waals surface area contributed by atoms with Gasteiger partial charge in [0.2, 0.25) is 16.7 Å². The third kappa shape index (κ3) is 5.90. The largest absolute Gasteiger partial charge is 0.320 e. The summed E-state index contributed by atoms with van der Waals surface area (Å²) < 4.78 is 61.0. The van der Waals surface area contributed by atoms with E-state index in [4.69, 9.17) is 13.6 Å². The predicted molar refractivity (Wildman–Crippen MR) is 155 cm³/mol. The molecule has 1 aromatic heterocycles. The summed E-state index contributed by atoms with van der Waals surface area (Å²) in [5.74, 6) is 0. The van der Waals surface area contributed by atoms with Crippen LogP contribution in [0, 0.1) is 0 Å². The Balaban J connectivity index is 2.08. The van der Waals surface area contributed by atoms with Gasteiger partial charge in [-0.1, -0.05) is 54.6 Å².